The maximum Gasteiger partial charge on any atom is 0.257 e. The van der Waals surface area contributed by atoms with Gasteiger partial charge in [0, 0.05) is 11.7 Å². The predicted molar refractivity (Wildman–Crippen MR) is 122 cm³/mol. The Labute approximate surface area is 177 Å². The number of carbonyl (C=O) groups is 2. The van der Waals surface area contributed by atoms with Gasteiger partial charge in [-0.1, -0.05) is 61.5 Å². The molecular weight excluding hydrogens is 374 g/mol. The molecule has 5 heteroatoms. The third-order valence-corrected chi connectivity index (χ3v) is 4.93. The number of rotatable bonds is 8. The summed E-state index contributed by atoms with van der Waals surface area (Å²) < 4.78 is 0. The maximum absolute atomic E-state index is 12.6. The molecular formula is C25H27N3O2. The molecule has 3 N–H and O–H groups in total. The van der Waals surface area contributed by atoms with E-state index in [1.165, 1.54) is 5.56 Å². The van der Waals surface area contributed by atoms with E-state index in [1.807, 2.05) is 37.3 Å². The van der Waals surface area contributed by atoms with Crippen LogP contribution in [0, 0.1) is 0 Å². The lowest BCUT2D eigenvalue weighted by atomic mass is 10.1. The number of hydrogen-bond donors (Lipinski definition) is 3. The van der Waals surface area contributed by atoms with Crippen LogP contribution in [-0.2, 0) is 11.2 Å². The minimum atomic E-state index is -0.269. The van der Waals surface area contributed by atoms with Crippen molar-refractivity contribution in [2.75, 3.05) is 17.2 Å². The van der Waals surface area contributed by atoms with Crippen molar-refractivity contribution in [2.45, 2.75) is 26.3 Å². The fourth-order valence-corrected chi connectivity index (χ4v) is 3.11. The van der Waals surface area contributed by atoms with Crippen LogP contribution in [0.2, 0.25) is 0 Å². The second-order valence-corrected chi connectivity index (χ2v) is 7.11. The Kier molecular flexibility index (Phi) is 7.35. The third-order valence-electron chi connectivity index (χ3n) is 4.93. The summed E-state index contributed by atoms with van der Waals surface area (Å²) in [7, 11) is 0. The van der Waals surface area contributed by atoms with E-state index < -0.39 is 0 Å². The van der Waals surface area contributed by atoms with Gasteiger partial charge in [-0.25, -0.2) is 0 Å². The standard InChI is InChI=1S/C25H27N3O2/c1-3-19-13-15-20(16-14-19)18(2)26-17-24(29)28-23-12-8-7-11-22(23)25(30)27-21-9-5-4-6-10-21/h4-16,18,26H,3,17H2,1-2H3,(H,27,30)(H,28,29). The van der Waals surface area contributed by atoms with Gasteiger partial charge < -0.3 is 16.0 Å². The Morgan fingerprint density at radius 2 is 1.50 bits per heavy atom. The molecule has 0 aliphatic carbocycles. The van der Waals surface area contributed by atoms with Crippen molar-refractivity contribution in [3.05, 3.63) is 95.6 Å². The van der Waals surface area contributed by atoms with Gasteiger partial charge in [-0.05, 0) is 48.7 Å². The summed E-state index contributed by atoms with van der Waals surface area (Å²) in [6.07, 6.45) is 1.00. The molecule has 1 atom stereocenters. The van der Waals surface area contributed by atoms with Crippen molar-refractivity contribution in [1.29, 1.82) is 0 Å². The van der Waals surface area contributed by atoms with Crippen molar-refractivity contribution >= 4 is 23.2 Å². The van der Waals surface area contributed by atoms with E-state index in [2.05, 4.69) is 47.1 Å². The smallest absolute Gasteiger partial charge is 0.257 e. The summed E-state index contributed by atoms with van der Waals surface area (Å²) in [6.45, 7) is 4.29. The van der Waals surface area contributed by atoms with Crippen LogP contribution in [0.15, 0.2) is 78.9 Å². The van der Waals surface area contributed by atoms with Crippen LogP contribution in [0.1, 0.15) is 41.4 Å². The molecule has 0 aliphatic rings. The third kappa shape index (κ3) is 5.78. The average molecular weight is 402 g/mol. The highest BCUT2D eigenvalue weighted by atomic mass is 16.2. The highest BCUT2D eigenvalue weighted by molar-refractivity contribution is 6.10. The van der Waals surface area contributed by atoms with Gasteiger partial charge in [0.25, 0.3) is 5.91 Å². The van der Waals surface area contributed by atoms with Gasteiger partial charge in [-0.3, -0.25) is 9.59 Å². The first-order valence-electron chi connectivity index (χ1n) is 10.1. The lowest BCUT2D eigenvalue weighted by Crippen LogP contribution is -2.30. The Bertz CT molecular complexity index is 985. The van der Waals surface area contributed by atoms with E-state index in [4.69, 9.17) is 0 Å². The molecule has 0 saturated carbocycles. The van der Waals surface area contributed by atoms with Gasteiger partial charge in [0.2, 0.25) is 5.91 Å². The lowest BCUT2D eigenvalue weighted by molar-refractivity contribution is -0.115. The van der Waals surface area contributed by atoms with Crippen LogP contribution < -0.4 is 16.0 Å². The maximum atomic E-state index is 12.6. The van der Waals surface area contributed by atoms with Crippen LogP contribution in [0.3, 0.4) is 0 Å². The molecule has 0 spiro atoms. The van der Waals surface area contributed by atoms with Crippen molar-refractivity contribution < 1.29 is 9.59 Å². The van der Waals surface area contributed by atoms with E-state index in [1.54, 1.807) is 24.3 Å². The van der Waals surface area contributed by atoms with E-state index >= 15 is 0 Å². The molecule has 1 unspecified atom stereocenters. The lowest BCUT2D eigenvalue weighted by Gasteiger charge is -2.16. The number of hydrogen-bond acceptors (Lipinski definition) is 3. The number of carbonyl (C=O) groups excluding carboxylic acids is 2. The van der Waals surface area contributed by atoms with Crippen molar-refractivity contribution in [1.82, 2.24) is 5.32 Å². The molecule has 154 valence electrons. The number of nitrogens with one attached hydrogen (secondary N) is 3. The first kappa shape index (κ1) is 21.3. The molecule has 0 heterocycles. The Balaban J connectivity index is 1.59. The van der Waals surface area contributed by atoms with E-state index in [0.29, 0.717) is 16.9 Å². The van der Waals surface area contributed by atoms with Crippen LogP contribution in [0.25, 0.3) is 0 Å². The molecule has 3 rings (SSSR count). The van der Waals surface area contributed by atoms with E-state index in [0.717, 1.165) is 12.0 Å². The highest BCUT2D eigenvalue weighted by Crippen LogP contribution is 2.18. The molecule has 5 nitrogen and oxygen atoms in total. The summed E-state index contributed by atoms with van der Waals surface area (Å²) in [5, 5.41) is 8.92. The minimum absolute atomic E-state index is 0.0401. The largest absolute Gasteiger partial charge is 0.324 e. The molecule has 3 aromatic rings. The summed E-state index contributed by atoms with van der Waals surface area (Å²) in [4.78, 5) is 25.1. The average Bonchev–Trinajstić information content (AvgIpc) is 2.78. The van der Waals surface area contributed by atoms with Gasteiger partial charge in [0.1, 0.15) is 0 Å². The quantitative estimate of drug-likeness (QED) is 0.508. The van der Waals surface area contributed by atoms with Gasteiger partial charge in [-0.2, -0.15) is 0 Å². The Morgan fingerprint density at radius 1 is 0.833 bits per heavy atom. The second-order valence-electron chi connectivity index (χ2n) is 7.11. The molecule has 0 fully saturated rings. The van der Waals surface area contributed by atoms with Crippen LogP contribution in [0.5, 0.6) is 0 Å². The molecule has 30 heavy (non-hydrogen) atoms. The predicted octanol–water partition coefficient (Wildman–Crippen LogP) is 4.79. The van der Waals surface area contributed by atoms with Crippen LogP contribution in [-0.4, -0.2) is 18.4 Å². The molecule has 0 radical (unpaired) electrons. The number of benzene rings is 3. The molecule has 0 aliphatic heterocycles. The van der Waals surface area contributed by atoms with Crippen LogP contribution in [0.4, 0.5) is 11.4 Å². The minimum Gasteiger partial charge on any atom is -0.324 e. The molecule has 0 aromatic heterocycles. The van der Waals surface area contributed by atoms with Crippen molar-refractivity contribution in [2.24, 2.45) is 0 Å². The fraction of sp³-hybridized carbons (Fsp3) is 0.200. The van der Waals surface area contributed by atoms with E-state index in [-0.39, 0.29) is 24.4 Å². The second kappa shape index (κ2) is 10.4. The van der Waals surface area contributed by atoms with Crippen LogP contribution >= 0.6 is 0 Å². The van der Waals surface area contributed by atoms with Gasteiger partial charge in [-0.15, -0.1) is 0 Å². The van der Waals surface area contributed by atoms with E-state index in [9.17, 15) is 9.59 Å². The Hall–Kier alpha value is -3.44. The monoisotopic (exact) mass is 401 g/mol. The molecule has 0 bridgehead atoms. The summed E-state index contributed by atoms with van der Waals surface area (Å²) in [5.41, 5.74) is 4.01. The van der Waals surface area contributed by atoms with Gasteiger partial charge in [0.05, 0.1) is 17.8 Å². The summed E-state index contributed by atoms with van der Waals surface area (Å²) in [5.74, 6) is -0.471. The number of amides is 2. The van der Waals surface area contributed by atoms with Gasteiger partial charge >= 0.3 is 0 Å². The molecule has 3 aromatic carbocycles. The molecule has 2 amide bonds. The zero-order valence-electron chi connectivity index (χ0n) is 17.3. The van der Waals surface area contributed by atoms with Crippen molar-refractivity contribution in [3.8, 4) is 0 Å². The fourth-order valence-electron chi connectivity index (χ4n) is 3.11. The summed E-state index contributed by atoms with van der Waals surface area (Å²) >= 11 is 0. The summed E-state index contributed by atoms with van der Waals surface area (Å²) in [6, 6.07) is 24.6. The topological polar surface area (TPSA) is 70.2 Å². The van der Waals surface area contributed by atoms with Crippen molar-refractivity contribution in [3.63, 3.8) is 0 Å². The van der Waals surface area contributed by atoms with Gasteiger partial charge in [0.15, 0.2) is 0 Å². The molecule has 0 saturated heterocycles. The zero-order valence-corrected chi connectivity index (χ0v) is 17.3. The first-order chi connectivity index (χ1) is 14.6. The Morgan fingerprint density at radius 3 is 2.20 bits per heavy atom. The first-order valence-corrected chi connectivity index (χ1v) is 10.1. The zero-order chi connectivity index (χ0) is 21.3. The number of para-hydroxylation sites is 2. The number of aryl methyl sites for hydroxylation is 1. The SMILES string of the molecule is CCc1ccc(C(C)NCC(=O)Nc2ccccc2C(=O)Nc2ccccc2)cc1. The normalized spacial score (nSPS) is 11.5. The highest BCUT2D eigenvalue weighted by Gasteiger charge is 2.14. The number of anilines is 2.